The number of alkyl carbamates (subject to hydrolysis) is 1. The second kappa shape index (κ2) is 10.5. The van der Waals surface area contributed by atoms with E-state index in [-0.39, 0.29) is 24.7 Å². The zero-order valence-corrected chi connectivity index (χ0v) is 15.5. The molecular formula is C20H22N2O7. The van der Waals surface area contributed by atoms with E-state index >= 15 is 0 Å². The van der Waals surface area contributed by atoms with Crippen molar-refractivity contribution in [3.05, 3.63) is 59.7 Å². The van der Waals surface area contributed by atoms with Crippen LogP contribution >= 0.6 is 0 Å². The van der Waals surface area contributed by atoms with Crippen molar-refractivity contribution in [1.29, 1.82) is 0 Å². The van der Waals surface area contributed by atoms with Crippen molar-refractivity contribution in [1.82, 2.24) is 10.6 Å². The second-order valence-electron chi connectivity index (χ2n) is 6.22. The summed E-state index contributed by atoms with van der Waals surface area (Å²) in [5, 5.41) is 32.5. The number of carbonyl (C=O) groups is 3. The van der Waals surface area contributed by atoms with Gasteiger partial charge in [0, 0.05) is 6.54 Å². The van der Waals surface area contributed by atoms with Crippen LogP contribution in [0.5, 0.6) is 11.5 Å². The summed E-state index contributed by atoms with van der Waals surface area (Å²) in [6, 6.07) is 11.9. The molecule has 0 aromatic heterocycles. The number of amides is 2. The van der Waals surface area contributed by atoms with Crippen LogP contribution in [0.3, 0.4) is 0 Å². The maximum absolute atomic E-state index is 12.3. The van der Waals surface area contributed by atoms with Gasteiger partial charge in [0.1, 0.15) is 12.6 Å². The molecule has 9 heteroatoms. The number of carboxylic acids is 1. The third-order valence-electron chi connectivity index (χ3n) is 3.95. The average molecular weight is 402 g/mol. The number of hydrogen-bond donors (Lipinski definition) is 5. The number of nitrogens with one attached hydrogen (secondary N) is 2. The first kappa shape index (κ1) is 21.5. The predicted molar refractivity (Wildman–Crippen MR) is 102 cm³/mol. The van der Waals surface area contributed by atoms with E-state index < -0.39 is 30.4 Å². The molecule has 2 amide bonds. The van der Waals surface area contributed by atoms with E-state index in [1.807, 2.05) is 6.07 Å². The van der Waals surface area contributed by atoms with Crippen molar-refractivity contribution in [3.63, 3.8) is 0 Å². The molecule has 0 aliphatic rings. The van der Waals surface area contributed by atoms with Gasteiger partial charge in [-0.25, -0.2) is 4.79 Å². The van der Waals surface area contributed by atoms with Crippen LogP contribution in [0.25, 0.3) is 0 Å². The molecule has 2 aromatic rings. The highest BCUT2D eigenvalue weighted by Crippen LogP contribution is 2.24. The summed E-state index contributed by atoms with van der Waals surface area (Å²) in [5.74, 6) is -2.46. The largest absolute Gasteiger partial charge is 0.504 e. The number of carboxylic acid groups (broad SMARTS) is 1. The number of hydrogen-bond acceptors (Lipinski definition) is 6. The molecule has 0 saturated carbocycles. The lowest BCUT2D eigenvalue weighted by Gasteiger charge is -2.17. The van der Waals surface area contributed by atoms with Gasteiger partial charge in [-0.2, -0.15) is 0 Å². The fourth-order valence-corrected chi connectivity index (χ4v) is 2.47. The molecule has 0 aliphatic heterocycles. The van der Waals surface area contributed by atoms with Crippen molar-refractivity contribution >= 4 is 18.0 Å². The highest BCUT2D eigenvalue weighted by atomic mass is 16.5. The fourth-order valence-electron chi connectivity index (χ4n) is 2.47. The van der Waals surface area contributed by atoms with Crippen molar-refractivity contribution in [2.24, 2.45) is 0 Å². The van der Waals surface area contributed by atoms with E-state index in [1.165, 1.54) is 12.1 Å². The number of phenols is 2. The zero-order chi connectivity index (χ0) is 21.2. The zero-order valence-electron chi connectivity index (χ0n) is 15.5. The summed E-state index contributed by atoms with van der Waals surface area (Å²) in [7, 11) is 0. The Balaban J connectivity index is 1.85. The number of benzene rings is 2. The molecule has 0 radical (unpaired) electrons. The maximum Gasteiger partial charge on any atom is 0.408 e. The fraction of sp³-hybridized carbons (Fsp3) is 0.250. The Hall–Kier alpha value is -3.75. The van der Waals surface area contributed by atoms with Crippen LogP contribution in [-0.2, 0) is 27.4 Å². The quantitative estimate of drug-likeness (QED) is 0.400. The van der Waals surface area contributed by atoms with E-state index in [0.29, 0.717) is 12.0 Å². The molecule has 0 spiro atoms. The molecule has 2 rings (SSSR count). The molecule has 1 atom stereocenters. The van der Waals surface area contributed by atoms with Gasteiger partial charge in [-0.1, -0.05) is 36.4 Å². The van der Waals surface area contributed by atoms with Crippen LogP contribution in [0.2, 0.25) is 0 Å². The summed E-state index contributed by atoms with van der Waals surface area (Å²) in [4.78, 5) is 35.2. The smallest absolute Gasteiger partial charge is 0.408 e. The second-order valence-corrected chi connectivity index (χ2v) is 6.22. The van der Waals surface area contributed by atoms with Crippen molar-refractivity contribution in [3.8, 4) is 11.5 Å². The molecule has 0 unspecified atom stereocenters. The van der Waals surface area contributed by atoms with Gasteiger partial charge in [-0.05, 0) is 29.7 Å². The molecule has 154 valence electrons. The minimum Gasteiger partial charge on any atom is -0.504 e. The monoisotopic (exact) mass is 402 g/mol. The number of ether oxygens (including phenoxy) is 1. The molecular weight excluding hydrogens is 380 g/mol. The number of aromatic hydroxyl groups is 2. The van der Waals surface area contributed by atoms with E-state index in [2.05, 4.69) is 10.6 Å². The van der Waals surface area contributed by atoms with Crippen molar-refractivity contribution in [2.75, 3.05) is 6.54 Å². The summed E-state index contributed by atoms with van der Waals surface area (Å²) in [6.07, 6.45) is -1.18. The first-order chi connectivity index (χ1) is 13.8. The summed E-state index contributed by atoms with van der Waals surface area (Å²) < 4.78 is 5.01. The lowest BCUT2D eigenvalue weighted by molar-refractivity contribution is -0.139. The Kier molecular flexibility index (Phi) is 7.84. The molecule has 29 heavy (non-hydrogen) atoms. The van der Waals surface area contributed by atoms with Crippen molar-refractivity contribution in [2.45, 2.75) is 25.5 Å². The summed E-state index contributed by atoms with van der Waals surface area (Å²) in [6.45, 7) is 0.123. The minimum atomic E-state index is -1.30. The van der Waals surface area contributed by atoms with Crippen LogP contribution in [0.15, 0.2) is 48.5 Å². The highest BCUT2D eigenvalue weighted by molar-refractivity contribution is 5.89. The average Bonchev–Trinajstić information content (AvgIpc) is 2.69. The van der Waals surface area contributed by atoms with Crippen molar-refractivity contribution < 1.29 is 34.4 Å². The van der Waals surface area contributed by atoms with Gasteiger partial charge >= 0.3 is 12.1 Å². The SMILES string of the molecule is O=C(O)C[C@H](NC(=O)OCc1ccccc1)C(=O)NCCc1ccc(O)c(O)c1. The van der Waals surface area contributed by atoms with Gasteiger partial charge in [0.15, 0.2) is 11.5 Å². The summed E-state index contributed by atoms with van der Waals surface area (Å²) in [5.41, 5.74) is 1.41. The van der Waals surface area contributed by atoms with Crippen LogP contribution in [0.4, 0.5) is 4.79 Å². The summed E-state index contributed by atoms with van der Waals surface area (Å²) >= 11 is 0. The lowest BCUT2D eigenvalue weighted by Crippen LogP contribution is -2.48. The van der Waals surface area contributed by atoms with Gasteiger partial charge in [-0.3, -0.25) is 9.59 Å². The molecule has 0 bridgehead atoms. The van der Waals surface area contributed by atoms with Crippen LogP contribution in [0, 0.1) is 0 Å². The third kappa shape index (κ3) is 7.41. The molecule has 0 saturated heterocycles. The molecule has 0 aliphatic carbocycles. The normalized spacial score (nSPS) is 11.3. The van der Waals surface area contributed by atoms with Gasteiger partial charge in [0.25, 0.3) is 0 Å². The Bertz CT molecular complexity index is 855. The van der Waals surface area contributed by atoms with E-state index in [0.717, 1.165) is 5.56 Å². The first-order valence-corrected chi connectivity index (χ1v) is 8.82. The van der Waals surface area contributed by atoms with Crippen LogP contribution in [-0.4, -0.2) is 45.9 Å². The Labute approximate surface area is 166 Å². The molecule has 9 nitrogen and oxygen atoms in total. The Morgan fingerprint density at radius 3 is 2.34 bits per heavy atom. The molecule has 0 heterocycles. The van der Waals surface area contributed by atoms with E-state index in [9.17, 15) is 24.6 Å². The first-order valence-electron chi connectivity index (χ1n) is 8.82. The van der Waals surface area contributed by atoms with Gasteiger partial charge < -0.3 is 30.7 Å². The Morgan fingerprint density at radius 2 is 1.69 bits per heavy atom. The number of rotatable bonds is 9. The van der Waals surface area contributed by atoms with Gasteiger partial charge in [-0.15, -0.1) is 0 Å². The van der Waals surface area contributed by atoms with Crippen LogP contribution < -0.4 is 10.6 Å². The molecule has 0 fully saturated rings. The number of carbonyl (C=O) groups excluding carboxylic acids is 2. The van der Waals surface area contributed by atoms with Gasteiger partial charge in [0.05, 0.1) is 6.42 Å². The minimum absolute atomic E-state index is 0.0154. The maximum atomic E-state index is 12.3. The highest BCUT2D eigenvalue weighted by Gasteiger charge is 2.24. The number of aliphatic carboxylic acids is 1. The molecule has 5 N–H and O–H groups in total. The third-order valence-corrected chi connectivity index (χ3v) is 3.95. The topological polar surface area (TPSA) is 145 Å². The van der Waals surface area contributed by atoms with E-state index in [1.54, 1.807) is 30.3 Å². The molecule has 2 aromatic carbocycles. The Morgan fingerprint density at radius 1 is 0.966 bits per heavy atom. The predicted octanol–water partition coefficient (Wildman–Crippen LogP) is 1.53. The van der Waals surface area contributed by atoms with E-state index in [4.69, 9.17) is 9.84 Å². The van der Waals surface area contributed by atoms with Gasteiger partial charge in [0.2, 0.25) is 5.91 Å². The standard InChI is InChI=1S/C20H22N2O7/c23-16-7-6-13(10-17(16)24)8-9-21-19(27)15(11-18(25)26)22-20(28)29-12-14-4-2-1-3-5-14/h1-7,10,15,23-24H,8-9,11-12H2,(H,21,27)(H,22,28)(H,25,26)/t15-/m0/s1. The number of phenolic OH excluding ortho intramolecular Hbond substituents is 2. The van der Waals surface area contributed by atoms with Crippen LogP contribution in [0.1, 0.15) is 17.5 Å². The lowest BCUT2D eigenvalue weighted by atomic mass is 10.1.